The fraction of sp³-hybridized carbons (Fsp3) is 0.381. The number of benzene rings is 2. The smallest absolute Gasteiger partial charge is 0.243 e. The Balaban J connectivity index is 1.54. The number of piperidine rings is 1. The van der Waals surface area contributed by atoms with Crippen LogP contribution >= 0.6 is 0 Å². The van der Waals surface area contributed by atoms with Crippen LogP contribution in [0.15, 0.2) is 59.5 Å². The standard InChI is InChI=1S/C21H26N2O4S/c1-27-19-11-9-17(10-12-19)13-14-22-21(24)18-6-5-15-23(16-18)28(25,26)20-7-3-2-4-8-20/h2-4,7-12,18H,5-6,13-16H2,1H3,(H,22,24)/t18-/m1/s1. The first-order valence-electron chi connectivity index (χ1n) is 9.46. The highest BCUT2D eigenvalue weighted by molar-refractivity contribution is 7.89. The first kappa shape index (κ1) is 20.4. The van der Waals surface area contributed by atoms with Crippen LogP contribution in [0.3, 0.4) is 0 Å². The molecule has 0 spiro atoms. The lowest BCUT2D eigenvalue weighted by atomic mass is 9.99. The first-order chi connectivity index (χ1) is 13.5. The summed E-state index contributed by atoms with van der Waals surface area (Å²) >= 11 is 0. The minimum Gasteiger partial charge on any atom is -0.497 e. The van der Waals surface area contributed by atoms with Gasteiger partial charge in [-0.25, -0.2) is 8.42 Å². The van der Waals surface area contributed by atoms with Crippen molar-refractivity contribution in [3.05, 3.63) is 60.2 Å². The summed E-state index contributed by atoms with van der Waals surface area (Å²) in [6, 6.07) is 16.1. The monoisotopic (exact) mass is 402 g/mol. The van der Waals surface area contributed by atoms with Gasteiger partial charge in [0.25, 0.3) is 0 Å². The number of nitrogens with one attached hydrogen (secondary N) is 1. The van der Waals surface area contributed by atoms with E-state index in [1.54, 1.807) is 37.4 Å². The van der Waals surface area contributed by atoms with Gasteiger partial charge >= 0.3 is 0 Å². The normalized spacial score (nSPS) is 17.8. The summed E-state index contributed by atoms with van der Waals surface area (Å²) in [5, 5.41) is 2.95. The van der Waals surface area contributed by atoms with E-state index in [1.807, 2.05) is 24.3 Å². The maximum absolute atomic E-state index is 12.8. The predicted octanol–water partition coefficient (Wildman–Crippen LogP) is 2.45. The molecule has 3 rings (SSSR count). The van der Waals surface area contributed by atoms with Gasteiger partial charge in [-0.15, -0.1) is 0 Å². The van der Waals surface area contributed by atoms with Crippen LogP contribution in [0.25, 0.3) is 0 Å². The van der Waals surface area contributed by atoms with Crippen LogP contribution in [0, 0.1) is 5.92 Å². The van der Waals surface area contributed by atoms with Gasteiger partial charge in [-0.2, -0.15) is 4.31 Å². The number of amides is 1. The van der Waals surface area contributed by atoms with Gasteiger partial charge in [0.2, 0.25) is 15.9 Å². The summed E-state index contributed by atoms with van der Waals surface area (Å²) in [4.78, 5) is 12.8. The Labute approximate surface area is 166 Å². The Hall–Kier alpha value is -2.38. The Morgan fingerprint density at radius 1 is 1.14 bits per heavy atom. The lowest BCUT2D eigenvalue weighted by Gasteiger charge is -2.31. The molecule has 0 aromatic heterocycles. The average Bonchev–Trinajstić information content (AvgIpc) is 2.75. The molecule has 1 amide bonds. The van der Waals surface area contributed by atoms with Crippen molar-refractivity contribution in [3.63, 3.8) is 0 Å². The van der Waals surface area contributed by atoms with E-state index in [1.165, 1.54) is 4.31 Å². The number of nitrogens with zero attached hydrogens (tertiary/aromatic N) is 1. The molecule has 1 atom stereocenters. The third-order valence-electron chi connectivity index (χ3n) is 5.01. The molecular weight excluding hydrogens is 376 g/mol. The minimum absolute atomic E-state index is 0.0820. The lowest BCUT2D eigenvalue weighted by molar-refractivity contribution is -0.126. The SMILES string of the molecule is COc1ccc(CCNC(=O)[C@@H]2CCCN(S(=O)(=O)c3ccccc3)C2)cc1. The number of hydrogen-bond acceptors (Lipinski definition) is 4. The Bertz CT molecular complexity index is 882. The van der Waals surface area contributed by atoms with Crippen LogP contribution < -0.4 is 10.1 Å². The second-order valence-electron chi connectivity index (χ2n) is 6.90. The summed E-state index contributed by atoms with van der Waals surface area (Å²) in [6.07, 6.45) is 2.10. The molecule has 2 aromatic rings. The third-order valence-corrected chi connectivity index (χ3v) is 6.89. The molecule has 1 aliphatic rings. The topological polar surface area (TPSA) is 75.7 Å². The number of hydrogen-bond donors (Lipinski definition) is 1. The van der Waals surface area contributed by atoms with Crippen LogP contribution in [0.5, 0.6) is 5.75 Å². The van der Waals surface area contributed by atoms with Crippen LogP contribution in [-0.4, -0.2) is 45.4 Å². The molecule has 2 aromatic carbocycles. The molecule has 150 valence electrons. The van der Waals surface area contributed by atoms with Crippen LogP contribution in [0.2, 0.25) is 0 Å². The summed E-state index contributed by atoms with van der Waals surface area (Å²) < 4.78 is 32.1. The lowest BCUT2D eigenvalue weighted by Crippen LogP contribution is -2.45. The molecule has 1 N–H and O–H groups in total. The van der Waals surface area contributed by atoms with Gasteiger partial charge in [-0.05, 0) is 49.1 Å². The maximum atomic E-state index is 12.8. The third kappa shape index (κ3) is 4.91. The van der Waals surface area contributed by atoms with E-state index >= 15 is 0 Å². The molecule has 1 fully saturated rings. The number of methoxy groups -OCH3 is 1. The maximum Gasteiger partial charge on any atom is 0.243 e. The zero-order valence-corrected chi connectivity index (χ0v) is 16.8. The molecule has 6 nitrogen and oxygen atoms in total. The molecule has 1 aliphatic heterocycles. The molecule has 1 heterocycles. The molecule has 0 unspecified atom stereocenters. The van der Waals surface area contributed by atoms with Crippen LogP contribution in [0.4, 0.5) is 0 Å². The number of sulfonamides is 1. The second-order valence-corrected chi connectivity index (χ2v) is 8.84. The van der Waals surface area contributed by atoms with Gasteiger partial charge < -0.3 is 10.1 Å². The minimum atomic E-state index is -3.56. The Kier molecular flexibility index (Phi) is 6.70. The van der Waals surface area contributed by atoms with E-state index in [0.29, 0.717) is 32.4 Å². The number of carbonyl (C=O) groups excluding carboxylic acids is 1. The molecule has 1 saturated heterocycles. The molecule has 0 radical (unpaired) electrons. The predicted molar refractivity (Wildman–Crippen MR) is 108 cm³/mol. The number of rotatable bonds is 7. The first-order valence-corrected chi connectivity index (χ1v) is 10.9. The van der Waals surface area contributed by atoms with Crippen molar-refractivity contribution in [1.29, 1.82) is 0 Å². The Morgan fingerprint density at radius 3 is 2.54 bits per heavy atom. The second kappa shape index (κ2) is 9.21. The van der Waals surface area contributed by atoms with Crippen molar-refractivity contribution >= 4 is 15.9 Å². The fourth-order valence-electron chi connectivity index (χ4n) is 3.38. The quantitative estimate of drug-likeness (QED) is 0.772. The zero-order chi connectivity index (χ0) is 20.0. The van der Waals surface area contributed by atoms with Crippen molar-refractivity contribution in [2.24, 2.45) is 5.92 Å². The molecule has 0 saturated carbocycles. The summed E-state index contributed by atoms with van der Waals surface area (Å²) in [5.41, 5.74) is 1.11. The van der Waals surface area contributed by atoms with Gasteiger partial charge in [0.05, 0.1) is 17.9 Å². The van der Waals surface area contributed by atoms with Crippen LogP contribution in [0.1, 0.15) is 18.4 Å². The van der Waals surface area contributed by atoms with E-state index in [-0.39, 0.29) is 23.3 Å². The van der Waals surface area contributed by atoms with Gasteiger partial charge in [0, 0.05) is 19.6 Å². The summed E-state index contributed by atoms with van der Waals surface area (Å²) in [6.45, 7) is 1.20. The molecule has 28 heavy (non-hydrogen) atoms. The van der Waals surface area contributed by atoms with E-state index in [2.05, 4.69) is 5.32 Å². The van der Waals surface area contributed by atoms with Crippen molar-refractivity contribution in [2.45, 2.75) is 24.2 Å². The Morgan fingerprint density at radius 2 is 1.86 bits per heavy atom. The molecule has 0 bridgehead atoms. The summed E-state index contributed by atoms with van der Waals surface area (Å²) in [5.74, 6) is 0.402. The summed E-state index contributed by atoms with van der Waals surface area (Å²) in [7, 11) is -1.93. The van der Waals surface area contributed by atoms with Gasteiger partial charge in [-0.1, -0.05) is 30.3 Å². The molecule has 0 aliphatic carbocycles. The number of carbonyl (C=O) groups is 1. The highest BCUT2D eigenvalue weighted by atomic mass is 32.2. The highest BCUT2D eigenvalue weighted by Gasteiger charge is 2.33. The van der Waals surface area contributed by atoms with Crippen LogP contribution in [-0.2, 0) is 21.2 Å². The van der Waals surface area contributed by atoms with E-state index in [0.717, 1.165) is 11.3 Å². The van der Waals surface area contributed by atoms with E-state index in [9.17, 15) is 13.2 Å². The number of ether oxygens (including phenoxy) is 1. The van der Waals surface area contributed by atoms with Crippen molar-refractivity contribution < 1.29 is 17.9 Å². The fourth-order valence-corrected chi connectivity index (χ4v) is 4.93. The van der Waals surface area contributed by atoms with Crippen molar-refractivity contribution in [3.8, 4) is 5.75 Å². The van der Waals surface area contributed by atoms with E-state index in [4.69, 9.17) is 4.74 Å². The average molecular weight is 403 g/mol. The van der Waals surface area contributed by atoms with Gasteiger partial charge in [-0.3, -0.25) is 4.79 Å². The van der Waals surface area contributed by atoms with Crippen molar-refractivity contribution in [2.75, 3.05) is 26.7 Å². The van der Waals surface area contributed by atoms with Gasteiger partial charge in [0.1, 0.15) is 5.75 Å². The molecule has 7 heteroatoms. The van der Waals surface area contributed by atoms with Crippen molar-refractivity contribution in [1.82, 2.24) is 9.62 Å². The van der Waals surface area contributed by atoms with Gasteiger partial charge in [0.15, 0.2) is 0 Å². The zero-order valence-electron chi connectivity index (χ0n) is 16.0. The largest absolute Gasteiger partial charge is 0.497 e. The van der Waals surface area contributed by atoms with E-state index < -0.39 is 10.0 Å². The highest BCUT2D eigenvalue weighted by Crippen LogP contribution is 2.23. The molecular formula is C21H26N2O4S.